The van der Waals surface area contributed by atoms with Crippen molar-refractivity contribution < 1.29 is 9.18 Å². The van der Waals surface area contributed by atoms with E-state index in [1.807, 2.05) is 12.1 Å². The average Bonchev–Trinajstić information content (AvgIpc) is 3.51. The summed E-state index contributed by atoms with van der Waals surface area (Å²) >= 11 is 0. The van der Waals surface area contributed by atoms with Crippen LogP contribution >= 0.6 is 0 Å². The number of hydrogen-bond donors (Lipinski definition) is 1. The van der Waals surface area contributed by atoms with Gasteiger partial charge in [-0.05, 0) is 55.2 Å². The van der Waals surface area contributed by atoms with Gasteiger partial charge < -0.3 is 15.1 Å². The third-order valence-electron chi connectivity index (χ3n) is 6.08. The second-order valence-corrected chi connectivity index (χ2v) is 7.91. The largest absolute Gasteiger partial charge is 0.368 e. The normalized spacial score (nSPS) is 24.2. The molecule has 2 heterocycles. The number of hydrogen-bond acceptors (Lipinski definition) is 3. The van der Waals surface area contributed by atoms with Crippen LogP contribution in [0.25, 0.3) is 0 Å². The summed E-state index contributed by atoms with van der Waals surface area (Å²) in [7, 11) is 0. The summed E-state index contributed by atoms with van der Waals surface area (Å²) in [6, 6.07) is 15.7. The molecule has 2 unspecified atom stereocenters. The number of benzene rings is 2. The molecule has 1 amide bonds. The van der Waals surface area contributed by atoms with Gasteiger partial charge in [0.2, 0.25) is 5.91 Å². The molecule has 2 aromatic carbocycles. The molecule has 1 saturated heterocycles. The second kappa shape index (κ2) is 6.55. The Balaban J connectivity index is 1.44. The molecule has 0 radical (unpaired) electrons. The summed E-state index contributed by atoms with van der Waals surface area (Å²) in [6.45, 7) is 2.52. The summed E-state index contributed by atoms with van der Waals surface area (Å²) in [5, 5.41) is 3.22. The molecule has 1 aliphatic carbocycles. The van der Waals surface area contributed by atoms with Crippen molar-refractivity contribution in [3.8, 4) is 0 Å². The van der Waals surface area contributed by atoms with Crippen LogP contribution in [0.4, 0.5) is 15.8 Å². The Bertz CT molecular complexity index is 849. The molecule has 2 atom stereocenters. The van der Waals surface area contributed by atoms with E-state index in [9.17, 15) is 9.18 Å². The van der Waals surface area contributed by atoms with E-state index >= 15 is 0 Å². The summed E-state index contributed by atoms with van der Waals surface area (Å²) in [5.74, 6) is -0.0858. The van der Waals surface area contributed by atoms with Crippen LogP contribution in [0.2, 0.25) is 0 Å². The van der Waals surface area contributed by atoms with Crippen molar-refractivity contribution in [1.29, 1.82) is 0 Å². The van der Waals surface area contributed by atoms with Crippen molar-refractivity contribution in [3.63, 3.8) is 0 Å². The molecule has 0 spiro atoms. The number of fused-ring (bicyclic) bond motifs is 3. The van der Waals surface area contributed by atoms with Crippen LogP contribution in [0, 0.1) is 11.7 Å². The molecule has 1 saturated carbocycles. The Labute approximate surface area is 159 Å². The van der Waals surface area contributed by atoms with Crippen LogP contribution in [-0.2, 0) is 11.2 Å². The SMILES string of the molecule is O=C(NC1CC1)C1Cc2ccccc2N2CCN(c3ccc(F)cc3)CC12. The maximum absolute atomic E-state index is 13.3. The van der Waals surface area contributed by atoms with Crippen LogP contribution in [0.5, 0.6) is 0 Å². The highest BCUT2D eigenvalue weighted by Gasteiger charge is 2.42. The van der Waals surface area contributed by atoms with Crippen molar-refractivity contribution in [1.82, 2.24) is 5.32 Å². The number of rotatable bonds is 3. The molecule has 27 heavy (non-hydrogen) atoms. The van der Waals surface area contributed by atoms with Gasteiger partial charge in [-0.25, -0.2) is 4.39 Å². The van der Waals surface area contributed by atoms with Gasteiger partial charge >= 0.3 is 0 Å². The zero-order chi connectivity index (χ0) is 18.4. The maximum atomic E-state index is 13.3. The van der Waals surface area contributed by atoms with Crippen LogP contribution in [0.1, 0.15) is 18.4 Å². The zero-order valence-corrected chi connectivity index (χ0v) is 15.3. The Morgan fingerprint density at radius 1 is 1.04 bits per heavy atom. The van der Waals surface area contributed by atoms with E-state index in [0.29, 0.717) is 6.04 Å². The summed E-state index contributed by atoms with van der Waals surface area (Å²) in [4.78, 5) is 17.7. The zero-order valence-electron chi connectivity index (χ0n) is 15.3. The van der Waals surface area contributed by atoms with Crippen LogP contribution in [0.15, 0.2) is 48.5 Å². The van der Waals surface area contributed by atoms with Crippen molar-refractivity contribution in [2.24, 2.45) is 5.92 Å². The Morgan fingerprint density at radius 3 is 2.59 bits per heavy atom. The average molecular weight is 365 g/mol. The number of nitrogens with zero attached hydrogens (tertiary/aromatic N) is 2. The van der Waals surface area contributed by atoms with Gasteiger partial charge in [0.05, 0.1) is 12.0 Å². The number of para-hydroxylation sites is 1. The van der Waals surface area contributed by atoms with E-state index in [2.05, 4.69) is 39.4 Å². The van der Waals surface area contributed by atoms with E-state index in [-0.39, 0.29) is 23.7 Å². The predicted molar refractivity (Wildman–Crippen MR) is 105 cm³/mol. The monoisotopic (exact) mass is 365 g/mol. The van der Waals surface area contributed by atoms with Crippen molar-refractivity contribution in [2.45, 2.75) is 31.3 Å². The van der Waals surface area contributed by atoms with Crippen LogP contribution < -0.4 is 15.1 Å². The van der Waals surface area contributed by atoms with E-state index < -0.39 is 0 Å². The number of carbonyl (C=O) groups excluding carboxylic acids is 1. The predicted octanol–water partition coefficient (Wildman–Crippen LogP) is 2.97. The highest BCUT2D eigenvalue weighted by atomic mass is 19.1. The van der Waals surface area contributed by atoms with Gasteiger partial charge in [-0.15, -0.1) is 0 Å². The Kier molecular flexibility index (Phi) is 4.03. The van der Waals surface area contributed by atoms with Crippen molar-refractivity contribution in [3.05, 3.63) is 59.9 Å². The lowest BCUT2D eigenvalue weighted by Gasteiger charge is -2.49. The quantitative estimate of drug-likeness (QED) is 0.908. The highest BCUT2D eigenvalue weighted by Crippen LogP contribution is 2.37. The Morgan fingerprint density at radius 2 is 1.81 bits per heavy atom. The fraction of sp³-hybridized carbons (Fsp3) is 0.409. The smallest absolute Gasteiger partial charge is 0.225 e. The summed E-state index contributed by atoms with van der Waals surface area (Å²) in [6.07, 6.45) is 2.99. The van der Waals surface area contributed by atoms with Gasteiger partial charge in [0.15, 0.2) is 0 Å². The minimum absolute atomic E-state index is 0.0521. The first kappa shape index (κ1) is 16.6. The first-order chi connectivity index (χ1) is 13.2. The lowest BCUT2D eigenvalue weighted by molar-refractivity contribution is -0.126. The van der Waals surface area contributed by atoms with Gasteiger partial charge in [-0.1, -0.05) is 18.2 Å². The first-order valence-electron chi connectivity index (χ1n) is 9.84. The first-order valence-corrected chi connectivity index (χ1v) is 9.84. The molecular weight excluding hydrogens is 341 g/mol. The van der Waals surface area contributed by atoms with Crippen LogP contribution in [-0.4, -0.2) is 37.6 Å². The molecule has 0 bridgehead atoms. The number of anilines is 2. The molecule has 5 rings (SSSR count). The fourth-order valence-electron chi connectivity index (χ4n) is 4.48. The molecule has 2 aliphatic heterocycles. The molecule has 2 fully saturated rings. The van der Waals surface area contributed by atoms with Gasteiger partial charge in [0, 0.05) is 37.1 Å². The van der Waals surface area contributed by atoms with Crippen molar-refractivity contribution >= 4 is 17.3 Å². The minimum atomic E-state index is -0.217. The minimum Gasteiger partial charge on any atom is -0.368 e. The molecule has 5 heteroatoms. The molecule has 140 valence electrons. The number of amides is 1. The Hall–Kier alpha value is -2.56. The molecule has 0 aromatic heterocycles. The third kappa shape index (κ3) is 3.15. The number of nitrogens with one attached hydrogen (secondary N) is 1. The molecule has 2 aromatic rings. The standard InChI is InChI=1S/C22H24FN3O/c23-16-5-9-18(10-6-16)25-11-12-26-20-4-2-1-3-15(20)13-19(21(26)14-25)22(27)24-17-7-8-17/h1-6,9-10,17,19,21H,7-8,11-14H2,(H,24,27). The van der Waals surface area contributed by atoms with Gasteiger partial charge in [-0.3, -0.25) is 4.79 Å². The number of halogens is 1. The molecule has 3 aliphatic rings. The highest BCUT2D eigenvalue weighted by molar-refractivity contribution is 5.83. The summed E-state index contributed by atoms with van der Waals surface area (Å²) in [5.41, 5.74) is 3.55. The van der Waals surface area contributed by atoms with Gasteiger partial charge in [0.25, 0.3) is 0 Å². The molecular formula is C22H24FN3O. The topological polar surface area (TPSA) is 35.6 Å². The van der Waals surface area contributed by atoms with E-state index in [4.69, 9.17) is 0 Å². The fourth-order valence-corrected chi connectivity index (χ4v) is 4.48. The second-order valence-electron chi connectivity index (χ2n) is 7.91. The van der Waals surface area contributed by atoms with Gasteiger partial charge in [-0.2, -0.15) is 0 Å². The van der Waals surface area contributed by atoms with Crippen molar-refractivity contribution in [2.75, 3.05) is 29.4 Å². The number of carbonyl (C=O) groups is 1. The molecule has 4 nitrogen and oxygen atoms in total. The lowest BCUT2D eigenvalue weighted by atomic mass is 9.83. The maximum Gasteiger partial charge on any atom is 0.225 e. The van der Waals surface area contributed by atoms with Gasteiger partial charge in [0.1, 0.15) is 5.82 Å². The molecule has 1 N–H and O–H groups in total. The van der Waals surface area contributed by atoms with E-state index in [1.54, 1.807) is 0 Å². The summed E-state index contributed by atoms with van der Waals surface area (Å²) < 4.78 is 13.3. The third-order valence-corrected chi connectivity index (χ3v) is 6.08. The lowest BCUT2D eigenvalue weighted by Crippen LogP contribution is -2.61. The number of piperazine rings is 1. The van der Waals surface area contributed by atoms with E-state index in [0.717, 1.165) is 44.6 Å². The van der Waals surface area contributed by atoms with Crippen LogP contribution in [0.3, 0.4) is 0 Å². The van der Waals surface area contributed by atoms with E-state index in [1.165, 1.54) is 23.4 Å².